The van der Waals surface area contributed by atoms with Gasteiger partial charge in [-0.1, -0.05) is 13.8 Å². The van der Waals surface area contributed by atoms with E-state index in [1.54, 1.807) is 20.2 Å². The minimum atomic E-state index is -0.900. The molecule has 0 saturated heterocycles. The molecule has 1 amide bonds. The van der Waals surface area contributed by atoms with Crippen LogP contribution in [0.15, 0.2) is 6.33 Å². The van der Waals surface area contributed by atoms with Crippen LogP contribution in [0.2, 0.25) is 0 Å². The number of amides is 1. The van der Waals surface area contributed by atoms with Crippen LogP contribution in [0.4, 0.5) is 0 Å². The molecular weight excluding hydrogens is 248 g/mol. The van der Waals surface area contributed by atoms with Crippen LogP contribution in [0.3, 0.4) is 0 Å². The number of hydrogen-bond donors (Lipinski definition) is 2. The molecule has 0 atom stereocenters. The Balaban J connectivity index is 2.46. The van der Waals surface area contributed by atoms with Crippen molar-refractivity contribution in [1.29, 1.82) is 0 Å². The van der Waals surface area contributed by atoms with Gasteiger partial charge in [0.05, 0.1) is 13.0 Å². The lowest BCUT2D eigenvalue weighted by Crippen LogP contribution is -2.30. The highest BCUT2D eigenvalue weighted by Crippen LogP contribution is 2.24. The summed E-state index contributed by atoms with van der Waals surface area (Å²) in [5.74, 6) is -0.396. The minimum absolute atomic E-state index is 0.0361. The van der Waals surface area contributed by atoms with Crippen molar-refractivity contribution < 1.29 is 14.7 Å². The maximum Gasteiger partial charge on any atom is 0.303 e. The highest BCUT2D eigenvalue weighted by Gasteiger charge is 2.25. The van der Waals surface area contributed by atoms with Crippen LogP contribution in [0, 0.1) is 5.41 Å². The average molecular weight is 268 g/mol. The van der Waals surface area contributed by atoms with Crippen LogP contribution < -0.4 is 5.32 Å². The Hall–Kier alpha value is -1.92. The molecule has 0 bridgehead atoms. The Bertz CT molecular complexity index is 454. The van der Waals surface area contributed by atoms with Gasteiger partial charge in [0.1, 0.15) is 6.33 Å². The van der Waals surface area contributed by atoms with Gasteiger partial charge in [0.2, 0.25) is 5.91 Å². The Morgan fingerprint density at radius 3 is 2.68 bits per heavy atom. The molecule has 0 saturated carbocycles. The number of rotatable bonds is 7. The first-order chi connectivity index (χ1) is 8.84. The molecule has 0 aromatic carbocycles. The van der Waals surface area contributed by atoms with Crippen LogP contribution in [0.5, 0.6) is 0 Å². The molecule has 0 radical (unpaired) electrons. The molecule has 7 nitrogen and oxygen atoms in total. The van der Waals surface area contributed by atoms with E-state index in [1.807, 2.05) is 11.5 Å². The standard InChI is InChI=1S/C12H20N4O3/c1-4-16-8-14-15-9(16)7-13-10(17)5-12(2,3)6-11(18)19/h8H,4-7H2,1-3H3,(H,13,17)(H,18,19). The highest BCUT2D eigenvalue weighted by molar-refractivity contribution is 5.77. The van der Waals surface area contributed by atoms with Gasteiger partial charge in [-0.05, 0) is 12.3 Å². The van der Waals surface area contributed by atoms with Crippen molar-refractivity contribution in [2.75, 3.05) is 0 Å². The second kappa shape index (κ2) is 6.31. The number of nitrogens with one attached hydrogen (secondary N) is 1. The van der Waals surface area contributed by atoms with Crippen molar-refractivity contribution in [3.63, 3.8) is 0 Å². The minimum Gasteiger partial charge on any atom is -0.481 e. The van der Waals surface area contributed by atoms with E-state index in [0.717, 1.165) is 6.54 Å². The SMILES string of the molecule is CCn1cnnc1CNC(=O)CC(C)(C)CC(=O)O. The number of carboxylic acids is 1. The lowest BCUT2D eigenvalue weighted by atomic mass is 9.85. The molecule has 106 valence electrons. The van der Waals surface area contributed by atoms with Crippen LogP contribution in [-0.4, -0.2) is 31.7 Å². The summed E-state index contributed by atoms with van der Waals surface area (Å²) in [6.45, 7) is 6.52. The number of aromatic nitrogens is 3. The fourth-order valence-corrected chi connectivity index (χ4v) is 1.83. The maximum absolute atomic E-state index is 11.8. The third-order valence-electron chi connectivity index (χ3n) is 2.75. The summed E-state index contributed by atoms with van der Waals surface area (Å²) < 4.78 is 1.84. The lowest BCUT2D eigenvalue weighted by molar-refractivity contribution is -0.139. The van der Waals surface area contributed by atoms with Crippen molar-refractivity contribution in [3.05, 3.63) is 12.2 Å². The summed E-state index contributed by atoms with van der Waals surface area (Å²) in [5.41, 5.74) is -0.561. The number of carbonyl (C=O) groups excluding carboxylic acids is 1. The van der Waals surface area contributed by atoms with Gasteiger partial charge in [0.25, 0.3) is 0 Å². The lowest BCUT2D eigenvalue weighted by Gasteiger charge is -2.21. The van der Waals surface area contributed by atoms with E-state index in [0.29, 0.717) is 12.4 Å². The van der Waals surface area contributed by atoms with Crippen LogP contribution in [-0.2, 0) is 22.7 Å². The van der Waals surface area contributed by atoms with E-state index in [1.165, 1.54) is 0 Å². The molecule has 1 rings (SSSR count). The molecule has 0 unspecified atom stereocenters. The van der Waals surface area contributed by atoms with Crippen LogP contribution in [0.1, 0.15) is 39.4 Å². The van der Waals surface area contributed by atoms with E-state index in [-0.39, 0.29) is 18.7 Å². The first-order valence-electron chi connectivity index (χ1n) is 6.19. The Kier molecular flexibility index (Phi) is 5.02. The first kappa shape index (κ1) is 15.1. The summed E-state index contributed by atoms with van der Waals surface area (Å²) >= 11 is 0. The zero-order valence-electron chi connectivity index (χ0n) is 11.5. The maximum atomic E-state index is 11.8. The molecule has 0 fully saturated rings. The quantitative estimate of drug-likeness (QED) is 0.762. The highest BCUT2D eigenvalue weighted by atomic mass is 16.4. The fourth-order valence-electron chi connectivity index (χ4n) is 1.83. The van der Waals surface area contributed by atoms with Crippen molar-refractivity contribution in [3.8, 4) is 0 Å². The molecule has 1 aromatic heterocycles. The number of carbonyl (C=O) groups is 2. The van der Waals surface area contributed by atoms with Gasteiger partial charge < -0.3 is 15.0 Å². The smallest absolute Gasteiger partial charge is 0.303 e. The van der Waals surface area contributed by atoms with E-state index in [2.05, 4.69) is 15.5 Å². The molecule has 1 aromatic rings. The first-order valence-corrected chi connectivity index (χ1v) is 6.19. The van der Waals surface area contributed by atoms with Crippen molar-refractivity contribution in [2.24, 2.45) is 5.41 Å². The summed E-state index contributed by atoms with van der Waals surface area (Å²) in [5, 5.41) is 19.2. The number of aryl methyl sites for hydroxylation is 1. The molecule has 0 aliphatic carbocycles. The molecular formula is C12H20N4O3. The zero-order chi connectivity index (χ0) is 14.5. The van der Waals surface area contributed by atoms with Gasteiger partial charge in [-0.25, -0.2) is 0 Å². The molecule has 7 heteroatoms. The third kappa shape index (κ3) is 5.07. The normalized spacial score (nSPS) is 11.3. The second-order valence-corrected chi connectivity index (χ2v) is 5.22. The van der Waals surface area contributed by atoms with Crippen molar-refractivity contribution in [1.82, 2.24) is 20.1 Å². The van der Waals surface area contributed by atoms with E-state index >= 15 is 0 Å². The zero-order valence-corrected chi connectivity index (χ0v) is 11.5. The van der Waals surface area contributed by atoms with Gasteiger partial charge in [-0.15, -0.1) is 10.2 Å². The predicted molar refractivity (Wildman–Crippen MR) is 68.2 cm³/mol. The Labute approximate surface area is 112 Å². The van der Waals surface area contributed by atoms with Gasteiger partial charge in [-0.2, -0.15) is 0 Å². The number of nitrogens with zero attached hydrogens (tertiary/aromatic N) is 3. The van der Waals surface area contributed by atoms with Gasteiger partial charge in [0.15, 0.2) is 5.82 Å². The monoisotopic (exact) mass is 268 g/mol. The summed E-state index contributed by atoms with van der Waals surface area (Å²) in [6, 6.07) is 0. The molecule has 0 spiro atoms. The van der Waals surface area contributed by atoms with E-state index in [4.69, 9.17) is 5.11 Å². The number of hydrogen-bond acceptors (Lipinski definition) is 4. The average Bonchev–Trinajstić information content (AvgIpc) is 2.70. The fraction of sp³-hybridized carbons (Fsp3) is 0.667. The Morgan fingerprint density at radius 1 is 1.42 bits per heavy atom. The third-order valence-corrected chi connectivity index (χ3v) is 2.75. The number of carboxylic acid groups (broad SMARTS) is 1. The van der Waals surface area contributed by atoms with E-state index in [9.17, 15) is 9.59 Å². The van der Waals surface area contributed by atoms with Crippen LogP contribution >= 0.6 is 0 Å². The topological polar surface area (TPSA) is 97.1 Å². The summed E-state index contributed by atoms with van der Waals surface area (Å²) in [4.78, 5) is 22.4. The number of aliphatic carboxylic acids is 1. The molecule has 0 aliphatic heterocycles. The molecule has 0 aliphatic rings. The predicted octanol–water partition coefficient (Wildman–Crippen LogP) is 0.805. The Morgan fingerprint density at radius 2 is 2.11 bits per heavy atom. The van der Waals surface area contributed by atoms with Gasteiger partial charge >= 0.3 is 5.97 Å². The van der Waals surface area contributed by atoms with Crippen molar-refractivity contribution >= 4 is 11.9 Å². The van der Waals surface area contributed by atoms with Crippen LogP contribution in [0.25, 0.3) is 0 Å². The van der Waals surface area contributed by atoms with Gasteiger partial charge in [-0.3, -0.25) is 9.59 Å². The summed E-state index contributed by atoms with van der Waals surface area (Å²) in [6.07, 6.45) is 1.74. The molecule has 1 heterocycles. The van der Waals surface area contributed by atoms with Gasteiger partial charge in [0, 0.05) is 13.0 Å². The van der Waals surface area contributed by atoms with Crippen molar-refractivity contribution in [2.45, 2.75) is 46.7 Å². The van der Waals surface area contributed by atoms with E-state index < -0.39 is 11.4 Å². The molecule has 2 N–H and O–H groups in total. The second-order valence-electron chi connectivity index (χ2n) is 5.22. The largest absolute Gasteiger partial charge is 0.481 e. The summed E-state index contributed by atoms with van der Waals surface area (Å²) in [7, 11) is 0. The molecule has 19 heavy (non-hydrogen) atoms.